The zero-order valence-electron chi connectivity index (χ0n) is 49.5. The first-order valence-corrected chi connectivity index (χ1v) is 30.9. The number of methoxy groups -OCH3 is 2. The maximum absolute atomic E-state index is 14.1. The molecular weight excluding hydrogens is 1190 g/mol. The molecule has 16 N–H and O–H groups in total. The van der Waals surface area contributed by atoms with E-state index < -0.39 is 240 Å². The first-order chi connectivity index (χ1) is 42.5. The van der Waals surface area contributed by atoms with Gasteiger partial charge in [0.2, 0.25) is 0 Å². The van der Waals surface area contributed by atoms with E-state index in [-0.39, 0.29) is 57.3 Å². The number of rotatable bonds is 20. The molecule has 9 fully saturated rings. The van der Waals surface area contributed by atoms with Crippen molar-refractivity contribution in [2.45, 2.75) is 261 Å². The quantitative estimate of drug-likeness (QED) is 0.0398. The number of aliphatic hydroxyl groups excluding tert-OH is 16. The molecule has 5 aliphatic heterocycles. The monoisotopic (exact) mass is 1280 g/mol. The lowest BCUT2D eigenvalue weighted by molar-refractivity contribution is -0.383. The summed E-state index contributed by atoms with van der Waals surface area (Å²) >= 11 is 0. The molecule has 0 aromatic carbocycles. The standard InChI is InChI=1S/C58H92O31/c1-77-34-13-24(14-35(78-2)42(34)68)6-12-41(67)87-54-52(88-56-50(76)47(73)44(70)38(20-60)85-56)31(65)21-80-57(54)89-53-48(74)45(71)39(22-79-40(66)11-5-23-3-8-26(61)9-4-23)86-58(53)83-36-18-28-32(81-51(36)25-7-10-29(63)30(64)15-25)16-27(62)17-33(28)82-55-49(75)46(72)43(69)37(19-59)84-55/h5-6,11-12,23-39,42-65,68-76H,3-4,7-10,13-22H2,1-2H3/t23?,24?,25?,26?,27?,28?,29?,30?,31-,32?,33?,34?,35?,36?,37-,38-,39-,42?,43-,44-,45-,46+,47+,48+,49-,50-,51?,52+,53-,54-,55-,56+,57+,58-/m1/s1. The Morgan fingerprint density at radius 3 is 1.64 bits per heavy atom. The fraction of sp³-hybridized carbons (Fsp3) is 0.897. The third-order valence-corrected chi connectivity index (χ3v) is 19.2. The summed E-state index contributed by atoms with van der Waals surface area (Å²) in [7, 11) is 2.81. The second-order valence-corrected chi connectivity index (χ2v) is 25.2. The molecule has 0 aromatic rings. The van der Waals surface area contributed by atoms with Gasteiger partial charge in [-0.15, -0.1) is 0 Å². The second kappa shape index (κ2) is 31.7. The summed E-state index contributed by atoms with van der Waals surface area (Å²) in [6.45, 7) is -3.05. The predicted molar refractivity (Wildman–Crippen MR) is 292 cm³/mol. The Balaban J connectivity index is 1.04. The van der Waals surface area contributed by atoms with Crippen LogP contribution in [0.2, 0.25) is 0 Å². The highest BCUT2D eigenvalue weighted by Crippen LogP contribution is 2.46. The van der Waals surface area contributed by atoms with E-state index >= 15 is 0 Å². The van der Waals surface area contributed by atoms with Crippen LogP contribution in [0.25, 0.3) is 0 Å². The van der Waals surface area contributed by atoms with Crippen LogP contribution in [-0.2, 0) is 71.2 Å². The summed E-state index contributed by atoms with van der Waals surface area (Å²) in [6, 6.07) is 0. The van der Waals surface area contributed by atoms with Crippen LogP contribution in [0.5, 0.6) is 0 Å². The van der Waals surface area contributed by atoms with E-state index in [1.54, 1.807) is 6.08 Å². The summed E-state index contributed by atoms with van der Waals surface area (Å²) in [5.41, 5.74) is 0. The van der Waals surface area contributed by atoms with Crippen LogP contribution in [0.1, 0.15) is 77.0 Å². The Morgan fingerprint density at radius 2 is 1.02 bits per heavy atom. The number of carbonyl (C=O) groups is 2. The van der Waals surface area contributed by atoms with Crippen LogP contribution in [0, 0.1) is 23.7 Å². The normalized spacial score (nSPS) is 49.3. The highest BCUT2D eigenvalue weighted by atomic mass is 16.8. The van der Waals surface area contributed by atoms with Gasteiger partial charge in [0.25, 0.3) is 0 Å². The lowest BCUT2D eigenvalue weighted by atomic mass is 9.72. The Bertz CT molecular complexity index is 2260. The molecule has 510 valence electrons. The summed E-state index contributed by atoms with van der Waals surface area (Å²) in [4.78, 5) is 27.4. The molecule has 0 radical (unpaired) electrons. The number of aliphatic hydroxyl groups is 16. The second-order valence-electron chi connectivity index (χ2n) is 25.2. The lowest BCUT2D eigenvalue weighted by Crippen LogP contribution is -2.66. The summed E-state index contributed by atoms with van der Waals surface area (Å²) < 4.78 is 78.9. The molecule has 9 aliphatic rings. The highest BCUT2D eigenvalue weighted by molar-refractivity contribution is 5.82. The van der Waals surface area contributed by atoms with Crippen molar-refractivity contribution in [3.63, 3.8) is 0 Å². The van der Waals surface area contributed by atoms with Crippen LogP contribution < -0.4 is 0 Å². The first kappa shape index (κ1) is 70.7. The highest BCUT2D eigenvalue weighted by Gasteiger charge is 2.57. The summed E-state index contributed by atoms with van der Waals surface area (Å²) in [5.74, 6) is -3.78. The zero-order valence-corrected chi connectivity index (χ0v) is 49.5. The molecule has 4 aliphatic carbocycles. The van der Waals surface area contributed by atoms with Gasteiger partial charge < -0.3 is 143 Å². The Kier molecular flexibility index (Phi) is 25.2. The van der Waals surface area contributed by atoms with E-state index in [4.69, 9.17) is 61.6 Å². The van der Waals surface area contributed by atoms with Crippen molar-refractivity contribution in [2.24, 2.45) is 23.7 Å². The number of ether oxygens (including phenoxy) is 13. The van der Waals surface area contributed by atoms with Crippen molar-refractivity contribution >= 4 is 11.9 Å². The van der Waals surface area contributed by atoms with E-state index in [0.717, 1.165) is 6.08 Å². The molecule has 0 amide bonds. The van der Waals surface area contributed by atoms with E-state index in [1.807, 2.05) is 0 Å². The number of fused-ring (bicyclic) bond motifs is 1. The molecule has 0 aromatic heterocycles. The van der Waals surface area contributed by atoms with E-state index in [1.165, 1.54) is 26.4 Å². The fourth-order valence-electron chi connectivity index (χ4n) is 14.0. The molecule has 4 saturated carbocycles. The number of allylic oxidation sites excluding steroid dienone is 2. The van der Waals surface area contributed by atoms with Crippen LogP contribution in [0.3, 0.4) is 0 Å². The molecule has 31 nitrogen and oxygen atoms in total. The minimum atomic E-state index is -2.10. The maximum Gasteiger partial charge on any atom is 0.330 e. The Labute approximate surface area is 513 Å². The number of hydrogen-bond acceptors (Lipinski definition) is 31. The van der Waals surface area contributed by atoms with Crippen molar-refractivity contribution in [3.8, 4) is 0 Å². The SMILES string of the molecule is COC1CC(C=CC(=O)O[C@H]2[C@H](O[C@H]3[C@H](OC4CC5C(CC(O)CC5O[C@@H]5O[C@H](CO)[C@@H](O)[C@H](O)[C@H]5O)OC4C4CCC(O)C(O)C4)O[C@H](COC(=O)C=CC4CCC(O)CC4)[C@@H](O)[C@@H]3O)OC[C@@H](O)[C@@H]2O[C@@H]2O[C@H](CO)[C@@H](O)[C@H](O)[C@H]2O)CC(OC)C1O. The molecule has 0 bridgehead atoms. The van der Waals surface area contributed by atoms with Crippen molar-refractivity contribution in [3.05, 3.63) is 24.3 Å². The topological polar surface area (TPSA) is 478 Å². The van der Waals surface area contributed by atoms with Crippen LogP contribution in [0.4, 0.5) is 0 Å². The average Bonchev–Trinajstić information content (AvgIpc) is 1.43. The minimum absolute atomic E-state index is 0.0189. The molecule has 89 heavy (non-hydrogen) atoms. The van der Waals surface area contributed by atoms with E-state index in [2.05, 4.69) is 0 Å². The van der Waals surface area contributed by atoms with Crippen LogP contribution in [-0.4, -0.2) is 318 Å². The van der Waals surface area contributed by atoms with Crippen molar-refractivity contribution in [1.29, 1.82) is 0 Å². The molecule has 5 heterocycles. The average molecular weight is 1290 g/mol. The van der Waals surface area contributed by atoms with Gasteiger partial charge >= 0.3 is 11.9 Å². The van der Waals surface area contributed by atoms with Crippen molar-refractivity contribution in [1.82, 2.24) is 0 Å². The fourth-order valence-corrected chi connectivity index (χ4v) is 14.0. The summed E-state index contributed by atoms with van der Waals surface area (Å²) in [5, 5.41) is 174. The first-order valence-electron chi connectivity index (χ1n) is 30.9. The number of hydrogen-bond donors (Lipinski definition) is 16. The Hall–Kier alpha value is -2.66. The van der Waals surface area contributed by atoms with E-state index in [9.17, 15) is 91.3 Å². The zero-order chi connectivity index (χ0) is 64.1. The van der Waals surface area contributed by atoms with Gasteiger partial charge in [-0.2, -0.15) is 0 Å². The number of carbonyl (C=O) groups excluding carboxylic acids is 2. The van der Waals surface area contributed by atoms with Gasteiger partial charge in [0, 0.05) is 38.7 Å². The molecule has 11 unspecified atom stereocenters. The molecule has 31 heteroatoms. The van der Waals surface area contributed by atoms with E-state index in [0.29, 0.717) is 25.7 Å². The molecule has 0 spiro atoms. The van der Waals surface area contributed by atoms with Crippen molar-refractivity contribution < 1.29 is 153 Å². The smallest absolute Gasteiger partial charge is 0.330 e. The Morgan fingerprint density at radius 1 is 0.449 bits per heavy atom. The van der Waals surface area contributed by atoms with Gasteiger partial charge in [-0.1, -0.05) is 12.2 Å². The minimum Gasteiger partial charge on any atom is -0.460 e. The molecule has 5 saturated heterocycles. The third-order valence-electron chi connectivity index (χ3n) is 19.2. The van der Waals surface area contributed by atoms with Gasteiger partial charge in [0.15, 0.2) is 31.3 Å². The van der Waals surface area contributed by atoms with Gasteiger partial charge in [-0.3, -0.25) is 0 Å². The third kappa shape index (κ3) is 16.7. The van der Waals surface area contributed by atoms with Crippen molar-refractivity contribution in [2.75, 3.05) is 40.6 Å². The largest absolute Gasteiger partial charge is 0.460 e. The molecule has 9 rings (SSSR count). The van der Waals surface area contributed by atoms with Gasteiger partial charge in [-0.25, -0.2) is 9.59 Å². The number of esters is 2. The summed E-state index contributed by atoms with van der Waals surface area (Å²) in [6.07, 6.45) is -36.7. The van der Waals surface area contributed by atoms with Crippen LogP contribution in [0.15, 0.2) is 24.3 Å². The van der Waals surface area contributed by atoms with Crippen LogP contribution >= 0.6 is 0 Å². The lowest BCUT2D eigenvalue weighted by Gasteiger charge is -2.53. The molecular formula is C58H92O31. The van der Waals surface area contributed by atoms with Gasteiger partial charge in [-0.05, 0) is 88.4 Å². The van der Waals surface area contributed by atoms with Gasteiger partial charge in [0.1, 0.15) is 98.2 Å². The van der Waals surface area contributed by atoms with Gasteiger partial charge in [0.05, 0.1) is 80.9 Å². The predicted octanol–water partition coefficient (Wildman–Crippen LogP) is -6.34. The maximum atomic E-state index is 14.1. The molecule has 30 atom stereocenters.